The van der Waals surface area contributed by atoms with Crippen molar-refractivity contribution in [3.8, 4) is 5.75 Å². The predicted octanol–water partition coefficient (Wildman–Crippen LogP) is 3.94. The minimum absolute atomic E-state index is 0.0250. The quantitative estimate of drug-likeness (QED) is 0.701. The van der Waals surface area contributed by atoms with Crippen molar-refractivity contribution >= 4 is 17.6 Å². The average Bonchev–Trinajstić information content (AvgIpc) is 2.88. The highest BCUT2D eigenvalue weighted by molar-refractivity contribution is 6.07. The SMILES string of the molecule is Cc1coc(CC(=O)O)c1C(=O)Nc1ccc(F)cc1OCCC(F)(F)F. The first-order chi connectivity index (χ1) is 12.6. The lowest BCUT2D eigenvalue weighted by molar-refractivity contribution is -0.139. The van der Waals surface area contributed by atoms with Crippen LogP contribution in [0.5, 0.6) is 5.75 Å². The number of alkyl halides is 3. The molecule has 0 unspecified atom stereocenters. The molecule has 0 aliphatic rings. The molecule has 0 aliphatic heterocycles. The summed E-state index contributed by atoms with van der Waals surface area (Å²) in [5, 5.41) is 11.2. The molecule has 0 saturated carbocycles. The summed E-state index contributed by atoms with van der Waals surface area (Å²) >= 11 is 0. The molecule has 0 radical (unpaired) electrons. The van der Waals surface area contributed by atoms with Crippen LogP contribution in [0.3, 0.4) is 0 Å². The van der Waals surface area contributed by atoms with E-state index < -0.39 is 43.3 Å². The summed E-state index contributed by atoms with van der Waals surface area (Å²) in [5.41, 5.74) is 0.277. The Balaban J connectivity index is 2.21. The van der Waals surface area contributed by atoms with E-state index in [1.165, 1.54) is 13.2 Å². The van der Waals surface area contributed by atoms with Crippen molar-refractivity contribution in [2.75, 3.05) is 11.9 Å². The zero-order valence-corrected chi connectivity index (χ0v) is 14.0. The Morgan fingerprint density at radius 3 is 2.63 bits per heavy atom. The van der Waals surface area contributed by atoms with Gasteiger partial charge < -0.3 is 19.6 Å². The molecule has 0 aliphatic carbocycles. The van der Waals surface area contributed by atoms with Gasteiger partial charge in [-0.15, -0.1) is 0 Å². The van der Waals surface area contributed by atoms with E-state index in [1.807, 2.05) is 0 Å². The first kappa shape index (κ1) is 20.3. The van der Waals surface area contributed by atoms with Gasteiger partial charge in [0.2, 0.25) is 0 Å². The number of carbonyl (C=O) groups is 2. The lowest BCUT2D eigenvalue weighted by Gasteiger charge is -2.14. The van der Waals surface area contributed by atoms with E-state index in [9.17, 15) is 27.2 Å². The minimum Gasteiger partial charge on any atom is -0.491 e. The second-order valence-electron chi connectivity index (χ2n) is 5.60. The number of carboxylic acid groups (broad SMARTS) is 1. The largest absolute Gasteiger partial charge is 0.491 e. The summed E-state index contributed by atoms with van der Waals surface area (Å²) in [6, 6.07) is 2.96. The van der Waals surface area contributed by atoms with Crippen LogP contribution in [-0.2, 0) is 11.2 Å². The fraction of sp³-hybridized carbons (Fsp3) is 0.294. The third-order valence-electron chi connectivity index (χ3n) is 3.42. The highest BCUT2D eigenvalue weighted by Gasteiger charge is 2.27. The number of aryl methyl sites for hydroxylation is 1. The van der Waals surface area contributed by atoms with Crippen molar-refractivity contribution < 1.29 is 41.4 Å². The second kappa shape index (κ2) is 8.11. The van der Waals surface area contributed by atoms with E-state index >= 15 is 0 Å². The monoisotopic (exact) mass is 389 g/mol. The molecule has 1 amide bonds. The zero-order valence-electron chi connectivity index (χ0n) is 14.0. The van der Waals surface area contributed by atoms with Gasteiger partial charge in [-0.05, 0) is 19.1 Å². The molecule has 0 fully saturated rings. The number of carboxylic acids is 1. The summed E-state index contributed by atoms with van der Waals surface area (Å²) in [6.07, 6.45) is -5.02. The number of ether oxygens (including phenoxy) is 1. The highest BCUT2D eigenvalue weighted by atomic mass is 19.4. The molecule has 0 spiro atoms. The van der Waals surface area contributed by atoms with E-state index in [4.69, 9.17) is 14.3 Å². The molecule has 1 heterocycles. The Bertz CT molecular complexity index is 844. The number of halogens is 4. The number of hydrogen-bond acceptors (Lipinski definition) is 4. The van der Waals surface area contributed by atoms with Gasteiger partial charge in [-0.1, -0.05) is 0 Å². The molecule has 2 N–H and O–H groups in total. The lowest BCUT2D eigenvalue weighted by atomic mass is 10.1. The van der Waals surface area contributed by atoms with Gasteiger partial charge in [-0.25, -0.2) is 4.39 Å². The molecular formula is C17H15F4NO5. The summed E-state index contributed by atoms with van der Waals surface area (Å²) in [7, 11) is 0. The maximum Gasteiger partial charge on any atom is 0.392 e. The molecule has 1 aromatic carbocycles. The molecule has 10 heteroatoms. The number of furan rings is 1. The molecule has 6 nitrogen and oxygen atoms in total. The van der Waals surface area contributed by atoms with E-state index in [2.05, 4.69) is 5.32 Å². The molecule has 0 bridgehead atoms. The molecule has 1 aromatic heterocycles. The van der Waals surface area contributed by atoms with Crippen LogP contribution in [0, 0.1) is 12.7 Å². The van der Waals surface area contributed by atoms with Gasteiger partial charge >= 0.3 is 12.1 Å². The van der Waals surface area contributed by atoms with Crippen LogP contribution in [0.2, 0.25) is 0 Å². The number of anilines is 1. The Morgan fingerprint density at radius 2 is 2.00 bits per heavy atom. The van der Waals surface area contributed by atoms with Crippen LogP contribution in [0.4, 0.5) is 23.2 Å². The van der Waals surface area contributed by atoms with Crippen molar-refractivity contribution in [3.05, 3.63) is 47.2 Å². The van der Waals surface area contributed by atoms with Crippen molar-refractivity contribution in [1.29, 1.82) is 0 Å². The third-order valence-corrected chi connectivity index (χ3v) is 3.42. The molecule has 2 rings (SSSR count). The van der Waals surface area contributed by atoms with E-state index in [0.717, 1.165) is 18.2 Å². The Hall–Kier alpha value is -3.04. The van der Waals surface area contributed by atoms with E-state index in [0.29, 0.717) is 5.56 Å². The van der Waals surface area contributed by atoms with Crippen LogP contribution >= 0.6 is 0 Å². The number of amides is 1. The van der Waals surface area contributed by atoms with Gasteiger partial charge in [0.15, 0.2) is 0 Å². The Kier molecular flexibility index (Phi) is 6.09. The van der Waals surface area contributed by atoms with E-state index in [-0.39, 0.29) is 22.8 Å². The molecule has 0 saturated heterocycles. The predicted molar refractivity (Wildman–Crippen MR) is 85.3 cm³/mol. The fourth-order valence-electron chi connectivity index (χ4n) is 2.25. The summed E-state index contributed by atoms with van der Waals surface area (Å²) < 4.78 is 60.1. The molecular weight excluding hydrogens is 374 g/mol. The zero-order chi connectivity index (χ0) is 20.2. The summed E-state index contributed by atoms with van der Waals surface area (Å²) in [5.74, 6) is -3.10. The maximum atomic E-state index is 13.4. The Morgan fingerprint density at radius 1 is 1.30 bits per heavy atom. The van der Waals surface area contributed by atoms with Gasteiger partial charge in [-0.2, -0.15) is 13.2 Å². The topological polar surface area (TPSA) is 88.8 Å². The summed E-state index contributed by atoms with van der Waals surface area (Å²) in [4.78, 5) is 23.3. The second-order valence-corrected chi connectivity index (χ2v) is 5.60. The molecule has 27 heavy (non-hydrogen) atoms. The summed E-state index contributed by atoms with van der Waals surface area (Å²) in [6.45, 7) is 0.764. The number of benzene rings is 1. The van der Waals surface area contributed by atoms with Crippen LogP contribution < -0.4 is 10.1 Å². The lowest BCUT2D eigenvalue weighted by Crippen LogP contribution is -2.17. The van der Waals surface area contributed by atoms with Crippen molar-refractivity contribution in [1.82, 2.24) is 0 Å². The van der Waals surface area contributed by atoms with Crippen molar-refractivity contribution in [2.24, 2.45) is 0 Å². The first-order valence-corrected chi connectivity index (χ1v) is 7.66. The van der Waals surface area contributed by atoms with Gasteiger partial charge in [0.05, 0.1) is 30.5 Å². The van der Waals surface area contributed by atoms with Crippen LogP contribution in [-0.4, -0.2) is 29.8 Å². The van der Waals surface area contributed by atoms with Crippen molar-refractivity contribution in [3.63, 3.8) is 0 Å². The fourth-order valence-corrected chi connectivity index (χ4v) is 2.25. The maximum absolute atomic E-state index is 13.4. The Labute approximate surface area is 150 Å². The van der Waals surface area contributed by atoms with Gasteiger partial charge in [0.25, 0.3) is 5.91 Å². The van der Waals surface area contributed by atoms with E-state index in [1.54, 1.807) is 0 Å². The normalized spacial score (nSPS) is 11.3. The number of rotatable bonds is 7. The number of hydrogen-bond donors (Lipinski definition) is 2. The first-order valence-electron chi connectivity index (χ1n) is 7.66. The highest BCUT2D eigenvalue weighted by Crippen LogP contribution is 2.29. The molecule has 0 atom stereocenters. The smallest absolute Gasteiger partial charge is 0.392 e. The van der Waals surface area contributed by atoms with Gasteiger partial charge in [0.1, 0.15) is 23.7 Å². The average molecular weight is 389 g/mol. The van der Waals surface area contributed by atoms with Crippen LogP contribution in [0.25, 0.3) is 0 Å². The standard InChI is InChI=1S/C17H15F4NO5/c1-9-8-27-13(7-14(23)24)15(9)16(25)22-11-3-2-10(18)6-12(11)26-5-4-17(19,20)21/h2-3,6,8H,4-5,7H2,1H3,(H,22,25)(H,23,24). The van der Waals surface area contributed by atoms with Gasteiger partial charge in [0, 0.05) is 11.6 Å². The van der Waals surface area contributed by atoms with Crippen molar-refractivity contribution in [2.45, 2.75) is 25.9 Å². The minimum atomic E-state index is -4.45. The number of carbonyl (C=O) groups excluding carboxylic acids is 1. The molecule has 2 aromatic rings. The van der Waals surface area contributed by atoms with Crippen LogP contribution in [0.1, 0.15) is 28.1 Å². The van der Waals surface area contributed by atoms with Gasteiger partial charge in [-0.3, -0.25) is 9.59 Å². The number of nitrogens with one attached hydrogen (secondary N) is 1. The number of aliphatic carboxylic acids is 1. The third kappa shape index (κ3) is 5.73. The molecule has 146 valence electrons. The van der Waals surface area contributed by atoms with Crippen LogP contribution in [0.15, 0.2) is 28.9 Å².